The quantitative estimate of drug-likeness (QED) is 0.229. The molecule has 2 saturated heterocycles. The van der Waals surface area contributed by atoms with Gasteiger partial charge >= 0.3 is 6.09 Å². The monoisotopic (exact) mass is 672 g/mol. The predicted octanol–water partition coefficient (Wildman–Crippen LogP) is 7.71. The molecule has 244 valence electrons. The van der Waals surface area contributed by atoms with Crippen molar-refractivity contribution in [2.75, 3.05) is 46.2 Å². The van der Waals surface area contributed by atoms with Crippen molar-refractivity contribution in [1.29, 1.82) is 0 Å². The number of anilines is 4. The lowest BCUT2D eigenvalue weighted by Gasteiger charge is -2.46. The summed E-state index contributed by atoms with van der Waals surface area (Å²) in [5, 5.41) is 4.73. The van der Waals surface area contributed by atoms with Crippen LogP contribution in [0.1, 0.15) is 46.5 Å². The van der Waals surface area contributed by atoms with Crippen molar-refractivity contribution in [2.24, 2.45) is 0 Å². The lowest BCUT2D eigenvalue weighted by atomic mass is 9.99. The highest BCUT2D eigenvalue weighted by atomic mass is 35.5. The highest BCUT2D eigenvalue weighted by Crippen LogP contribution is 2.40. The topological polar surface area (TPSA) is 99.6 Å². The third-order valence-corrected chi connectivity index (χ3v) is 9.17. The molecule has 0 aromatic carbocycles. The Morgan fingerprint density at radius 3 is 2.11 bits per heavy atom. The zero-order valence-corrected chi connectivity index (χ0v) is 28.3. The van der Waals surface area contributed by atoms with Gasteiger partial charge in [0.2, 0.25) is 0 Å². The molecule has 47 heavy (non-hydrogen) atoms. The molecular formula is C35H38Cl2N8O2. The van der Waals surface area contributed by atoms with Gasteiger partial charge in [0.25, 0.3) is 0 Å². The fraction of sp³-hybridized carbons (Fsp3) is 0.400. The Bertz CT molecular complexity index is 1800. The third kappa shape index (κ3) is 6.80. The molecule has 0 unspecified atom stereocenters. The summed E-state index contributed by atoms with van der Waals surface area (Å²) in [5.74, 6) is 1.64. The molecule has 4 aromatic rings. The van der Waals surface area contributed by atoms with Gasteiger partial charge in [-0.25, -0.2) is 14.8 Å². The zero-order chi connectivity index (χ0) is 32.7. The molecule has 4 bridgehead atoms. The van der Waals surface area contributed by atoms with Crippen molar-refractivity contribution in [2.45, 2.75) is 64.1 Å². The van der Waals surface area contributed by atoms with Crippen LogP contribution in [-0.2, 0) is 4.74 Å². The number of aromatic nitrogens is 4. The summed E-state index contributed by atoms with van der Waals surface area (Å²) in [6, 6.07) is 12.5. The minimum Gasteiger partial charge on any atom is -0.443 e. The SMILES string of the molecule is CC(C)(C)OC(=O)N1c2nc(-c3cncc(Cl)c3)ccc2N2CCC[C@H]1C2.Clc1cncc(-c2ccc3c(n2)N[C@H]2CCCN3C2)c1. The highest BCUT2D eigenvalue weighted by molar-refractivity contribution is 6.31. The van der Waals surface area contributed by atoms with Crippen molar-refractivity contribution in [3.63, 3.8) is 0 Å². The van der Waals surface area contributed by atoms with Gasteiger partial charge in [-0.3, -0.25) is 14.9 Å². The Morgan fingerprint density at radius 1 is 0.830 bits per heavy atom. The van der Waals surface area contributed by atoms with E-state index in [-0.39, 0.29) is 12.1 Å². The van der Waals surface area contributed by atoms with Crippen LogP contribution in [0.3, 0.4) is 0 Å². The number of piperidine rings is 2. The van der Waals surface area contributed by atoms with Crippen LogP contribution in [-0.4, -0.2) is 69.9 Å². The van der Waals surface area contributed by atoms with E-state index in [1.807, 2.05) is 51.1 Å². The Kier molecular flexibility index (Phi) is 8.57. The fourth-order valence-corrected chi connectivity index (χ4v) is 7.06. The Morgan fingerprint density at radius 2 is 1.45 bits per heavy atom. The van der Waals surface area contributed by atoms with Gasteiger partial charge < -0.3 is 19.9 Å². The van der Waals surface area contributed by atoms with E-state index in [1.54, 1.807) is 29.7 Å². The van der Waals surface area contributed by atoms with Gasteiger partial charge in [-0.2, -0.15) is 0 Å². The highest BCUT2D eigenvalue weighted by Gasteiger charge is 2.40. The van der Waals surface area contributed by atoms with Gasteiger partial charge in [-0.15, -0.1) is 0 Å². The molecule has 12 heteroatoms. The van der Waals surface area contributed by atoms with Gasteiger partial charge in [-0.05, 0) is 82.9 Å². The molecule has 8 rings (SSSR count). The maximum absolute atomic E-state index is 13.0. The van der Waals surface area contributed by atoms with E-state index in [0.717, 1.165) is 73.0 Å². The lowest BCUT2D eigenvalue weighted by Crippen LogP contribution is -2.56. The van der Waals surface area contributed by atoms with E-state index < -0.39 is 5.60 Å². The number of ether oxygens (including phenoxy) is 1. The Hall–Kier alpha value is -4.15. The number of rotatable bonds is 2. The normalized spacial score (nSPS) is 19.5. The van der Waals surface area contributed by atoms with Crippen molar-refractivity contribution < 1.29 is 9.53 Å². The minimum atomic E-state index is -0.558. The van der Waals surface area contributed by atoms with E-state index in [0.29, 0.717) is 21.9 Å². The summed E-state index contributed by atoms with van der Waals surface area (Å²) in [7, 11) is 0. The number of amides is 1. The molecule has 4 aliphatic rings. The van der Waals surface area contributed by atoms with Crippen LogP contribution in [0.4, 0.5) is 27.8 Å². The van der Waals surface area contributed by atoms with Crippen molar-refractivity contribution in [3.05, 3.63) is 71.2 Å². The second kappa shape index (κ2) is 12.8. The summed E-state index contributed by atoms with van der Waals surface area (Å²) < 4.78 is 5.69. The van der Waals surface area contributed by atoms with E-state index in [4.69, 9.17) is 37.9 Å². The molecule has 2 fully saturated rings. The number of halogens is 2. The van der Waals surface area contributed by atoms with Crippen LogP contribution in [0.5, 0.6) is 0 Å². The molecule has 0 aliphatic carbocycles. The van der Waals surface area contributed by atoms with Crippen LogP contribution in [0.15, 0.2) is 61.2 Å². The van der Waals surface area contributed by atoms with Crippen LogP contribution in [0.25, 0.3) is 22.5 Å². The van der Waals surface area contributed by atoms with Crippen LogP contribution < -0.4 is 20.0 Å². The summed E-state index contributed by atoms with van der Waals surface area (Å²) in [6.07, 6.45) is 10.9. The van der Waals surface area contributed by atoms with Crippen LogP contribution in [0, 0.1) is 0 Å². The summed E-state index contributed by atoms with van der Waals surface area (Å²) in [4.78, 5) is 37.3. The molecule has 8 heterocycles. The summed E-state index contributed by atoms with van der Waals surface area (Å²) in [5.41, 5.74) is 5.03. The number of hydrogen-bond acceptors (Lipinski definition) is 9. The van der Waals surface area contributed by atoms with Gasteiger partial charge in [0.05, 0.1) is 38.8 Å². The molecule has 1 amide bonds. The number of carbonyl (C=O) groups is 1. The van der Waals surface area contributed by atoms with Crippen molar-refractivity contribution >= 4 is 52.3 Å². The average Bonchev–Trinajstić information content (AvgIpc) is 3.04. The first-order valence-electron chi connectivity index (χ1n) is 16.1. The maximum Gasteiger partial charge on any atom is 0.416 e. The Balaban J connectivity index is 0.000000156. The summed E-state index contributed by atoms with van der Waals surface area (Å²) in [6.45, 7) is 9.65. The van der Waals surface area contributed by atoms with Gasteiger partial charge in [0.15, 0.2) is 11.6 Å². The standard InChI is InChI=1S/C20H23ClN4O2.C15H15ClN4/c1-20(2,3)27-19(26)25-15-5-4-8-24(12-15)17-7-6-16(23-18(17)25)13-9-14(21)11-22-10-13;16-11-6-10(7-17-8-11)13-3-4-14-15(19-13)18-12-2-1-5-20(14)9-12/h6-7,9-11,15H,4-5,8,12H2,1-3H3;3-4,6-8,12H,1-2,5,9H2,(H,18,19)/t15-;12-/m00/s1. The largest absolute Gasteiger partial charge is 0.443 e. The molecule has 4 aliphatic heterocycles. The third-order valence-electron chi connectivity index (χ3n) is 8.75. The van der Waals surface area contributed by atoms with Gasteiger partial charge in [-0.1, -0.05) is 23.2 Å². The molecule has 0 spiro atoms. The first-order chi connectivity index (χ1) is 22.6. The average molecular weight is 674 g/mol. The number of nitrogens with zero attached hydrogens (tertiary/aromatic N) is 7. The van der Waals surface area contributed by atoms with E-state index in [1.165, 1.54) is 18.5 Å². The van der Waals surface area contributed by atoms with E-state index in [2.05, 4.69) is 31.2 Å². The maximum atomic E-state index is 13.0. The fourth-order valence-electron chi connectivity index (χ4n) is 6.71. The molecule has 0 radical (unpaired) electrons. The minimum absolute atomic E-state index is 0.0707. The molecule has 0 saturated carbocycles. The second-order valence-electron chi connectivity index (χ2n) is 13.4. The number of hydrogen-bond donors (Lipinski definition) is 1. The predicted molar refractivity (Wildman–Crippen MR) is 188 cm³/mol. The molecule has 2 atom stereocenters. The Labute approximate surface area is 285 Å². The van der Waals surface area contributed by atoms with Gasteiger partial charge in [0, 0.05) is 68.1 Å². The van der Waals surface area contributed by atoms with E-state index >= 15 is 0 Å². The smallest absolute Gasteiger partial charge is 0.416 e. The first-order valence-corrected chi connectivity index (χ1v) is 16.9. The molecule has 1 N–H and O–H groups in total. The van der Waals surface area contributed by atoms with Crippen molar-refractivity contribution in [3.8, 4) is 22.5 Å². The van der Waals surface area contributed by atoms with Crippen LogP contribution in [0.2, 0.25) is 10.0 Å². The number of nitrogens with one attached hydrogen (secondary N) is 1. The number of carbonyl (C=O) groups excluding carboxylic acids is 1. The number of pyridine rings is 4. The molecular weight excluding hydrogens is 635 g/mol. The molecule has 10 nitrogen and oxygen atoms in total. The summed E-state index contributed by atoms with van der Waals surface area (Å²) >= 11 is 12.1. The van der Waals surface area contributed by atoms with Crippen LogP contribution >= 0.6 is 23.2 Å². The zero-order valence-electron chi connectivity index (χ0n) is 26.8. The lowest BCUT2D eigenvalue weighted by molar-refractivity contribution is 0.0558. The van der Waals surface area contributed by atoms with E-state index in [9.17, 15) is 4.79 Å². The van der Waals surface area contributed by atoms with Gasteiger partial charge in [0.1, 0.15) is 5.60 Å². The number of fused-ring (bicyclic) bond motifs is 8. The molecule has 4 aromatic heterocycles. The second-order valence-corrected chi connectivity index (χ2v) is 14.3. The first kappa shape index (κ1) is 31.4. The van der Waals surface area contributed by atoms with Crippen molar-refractivity contribution in [1.82, 2.24) is 19.9 Å².